The summed E-state index contributed by atoms with van der Waals surface area (Å²) in [5.41, 5.74) is 1.50. The number of hydrogen-bond acceptors (Lipinski definition) is 2. The molecule has 1 N–H and O–H groups in total. The van der Waals surface area contributed by atoms with Gasteiger partial charge in [-0.3, -0.25) is 4.79 Å². The topological polar surface area (TPSA) is 42.0 Å². The second-order valence-corrected chi connectivity index (χ2v) is 3.91. The summed E-state index contributed by atoms with van der Waals surface area (Å²) >= 11 is 5.85. The molecule has 0 saturated carbocycles. The highest BCUT2D eigenvalue weighted by atomic mass is 35.5. The van der Waals surface area contributed by atoms with E-state index in [-0.39, 0.29) is 5.91 Å². The molecule has 0 aliphatic rings. The van der Waals surface area contributed by atoms with Gasteiger partial charge in [0.15, 0.2) is 5.15 Å². The maximum atomic E-state index is 11.7. The van der Waals surface area contributed by atoms with Crippen molar-refractivity contribution in [3.8, 4) is 0 Å². The van der Waals surface area contributed by atoms with Crippen LogP contribution in [0.5, 0.6) is 0 Å². The van der Waals surface area contributed by atoms with Crippen molar-refractivity contribution < 1.29 is 4.79 Å². The van der Waals surface area contributed by atoms with Crippen LogP contribution in [0, 0.1) is 0 Å². The fourth-order valence-corrected chi connectivity index (χ4v) is 1.62. The molecule has 0 atom stereocenters. The summed E-state index contributed by atoms with van der Waals surface area (Å²) in [6.45, 7) is 0. The lowest BCUT2D eigenvalue weighted by Gasteiger charge is -2.06. The van der Waals surface area contributed by atoms with Crippen LogP contribution >= 0.6 is 11.6 Å². The number of amides is 1. The summed E-state index contributed by atoms with van der Waals surface area (Å²) in [6, 6.07) is 13.0. The van der Waals surface area contributed by atoms with Gasteiger partial charge < -0.3 is 5.32 Å². The fourth-order valence-electron chi connectivity index (χ4n) is 1.45. The summed E-state index contributed by atoms with van der Waals surface area (Å²) in [6.07, 6.45) is 1.90. The van der Waals surface area contributed by atoms with Crippen molar-refractivity contribution in [3.05, 3.63) is 59.4 Å². The smallest absolute Gasteiger partial charge is 0.228 e. The maximum Gasteiger partial charge on any atom is 0.228 e. The predicted octanol–water partition coefficient (Wildman–Crippen LogP) is 2.92. The van der Waals surface area contributed by atoms with Gasteiger partial charge in [-0.2, -0.15) is 0 Å². The zero-order chi connectivity index (χ0) is 12.1. The van der Waals surface area contributed by atoms with Crippen molar-refractivity contribution in [1.82, 2.24) is 4.98 Å². The highest BCUT2D eigenvalue weighted by molar-refractivity contribution is 6.32. The summed E-state index contributed by atoms with van der Waals surface area (Å²) < 4.78 is 0. The molecule has 1 heterocycles. The van der Waals surface area contributed by atoms with Crippen LogP contribution in [0.25, 0.3) is 0 Å². The van der Waals surface area contributed by atoms with Gasteiger partial charge in [0, 0.05) is 6.20 Å². The maximum absolute atomic E-state index is 11.7. The Kier molecular flexibility index (Phi) is 3.73. The van der Waals surface area contributed by atoms with Crippen molar-refractivity contribution >= 4 is 23.2 Å². The fraction of sp³-hybridized carbons (Fsp3) is 0.0769. The lowest BCUT2D eigenvalue weighted by atomic mass is 10.1. The normalized spacial score (nSPS) is 9.94. The first-order chi connectivity index (χ1) is 8.25. The minimum Gasteiger partial charge on any atom is -0.323 e. The number of halogens is 1. The molecule has 0 bridgehead atoms. The third-order valence-corrected chi connectivity index (χ3v) is 2.54. The van der Waals surface area contributed by atoms with Crippen molar-refractivity contribution in [2.45, 2.75) is 6.42 Å². The first kappa shape index (κ1) is 11.6. The van der Waals surface area contributed by atoms with Gasteiger partial charge in [0.2, 0.25) is 5.91 Å². The van der Waals surface area contributed by atoms with Gasteiger partial charge in [0.1, 0.15) is 0 Å². The Labute approximate surface area is 104 Å². The molecule has 1 aromatic carbocycles. The second-order valence-electron chi connectivity index (χ2n) is 3.55. The first-order valence-electron chi connectivity index (χ1n) is 5.20. The van der Waals surface area contributed by atoms with Gasteiger partial charge in [-0.1, -0.05) is 41.9 Å². The van der Waals surface area contributed by atoms with Crippen LogP contribution in [0.1, 0.15) is 5.56 Å². The Hall–Kier alpha value is -1.87. The van der Waals surface area contributed by atoms with Crippen LogP contribution < -0.4 is 5.32 Å². The minimum absolute atomic E-state index is 0.105. The van der Waals surface area contributed by atoms with Gasteiger partial charge >= 0.3 is 0 Å². The van der Waals surface area contributed by atoms with E-state index in [1.54, 1.807) is 18.3 Å². The molecule has 0 unspecified atom stereocenters. The molecule has 3 nitrogen and oxygen atoms in total. The van der Waals surface area contributed by atoms with Crippen LogP contribution in [0.2, 0.25) is 5.15 Å². The number of benzene rings is 1. The van der Waals surface area contributed by atoms with E-state index < -0.39 is 0 Å². The van der Waals surface area contributed by atoms with Crippen LogP contribution in [0.4, 0.5) is 5.69 Å². The van der Waals surface area contributed by atoms with Gasteiger partial charge in [0.25, 0.3) is 0 Å². The van der Waals surface area contributed by atoms with Crippen LogP contribution in [-0.4, -0.2) is 10.9 Å². The molecule has 1 amide bonds. The zero-order valence-electron chi connectivity index (χ0n) is 9.06. The molecule has 2 rings (SSSR count). The summed E-state index contributed by atoms with van der Waals surface area (Å²) in [5, 5.41) is 3.03. The number of carbonyl (C=O) groups excluding carboxylic acids is 1. The Balaban J connectivity index is 2.01. The number of rotatable bonds is 3. The lowest BCUT2D eigenvalue weighted by Crippen LogP contribution is -2.14. The summed E-state index contributed by atoms with van der Waals surface area (Å²) in [4.78, 5) is 15.6. The number of nitrogens with one attached hydrogen (secondary N) is 1. The van der Waals surface area contributed by atoms with Crippen molar-refractivity contribution in [3.63, 3.8) is 0 Å². The van der Waals surface area contributed by atoms with Gasteiger partial charge in [-0.25, -0.2) is 4.98 Å². The lowest BCUT2D eigenvalue weighted by molar-refractivity contribution is -0.115. The van der Waals surface area contributed by atoms with Gasteiger partial charge in [-0.15, -0.1) is 0 Å². The largest absolute Gasteiger partial charge is 0.323 e. The number of hydrogen-bond donors (Lipinski definition) is 1. The molecule has 1 aromatic heterocycles. The molecule has 0 radical (unpaired) electrons. The first-order valence-corrected chi connectivity index (χ1v) is 5.58. The Morgan fingerprint density at radius 3 is 2.65 bits per heavy atom. The van der Waals surface area contributed by atoms with Crippen molar-refractivity contribution in [2.24, 2.45) is 0 Å². The molecule has 4 heteroatoms. The molecule has 0 spiro atoms. The van der Waals surface area contributed by atoms with E-state index in [0.29, 0.717) is 17.3 Å². The van der Waals surface area contributed by atoms with Gasteiger partial charge in [-0.05, 0) is 17.7 Å². The SMILES string of the molecule is O=C(Cc1ccccc1)Nc1cccnc1Cl. The second kappa shape index (κ2) is 5.46. The highest BCUT2D eigenvalue weighted by Crippen LogP contribution is 2.17. The molecule has 86 valence electrons. The molecule has 0 aliphatic carbocycles. The Morgan fingerprint density at radius 1 is 1.18 bits per heavy atom. The van der Waals surface area contributed by atoms with E-state index in [1.807, 2.05) is 30.3 Å². The van der Waals surface area contributed by atoms with E-state index in [0.717, 1.165) is 5.56 Å². The Morgan fingerprint density at radius 2 is 1.94 bits per heavy atom. The number of anilines is 1. The van der Waals surface area contributed by atoms with Crippen LogP contribution in [-0.2, 0) is 11.2 Å². The third kappa shape index (κ3) is 3.29. The van der Waals surface area contributed by atoms with E-state index in [2.05, 4.69) is 10.3 Å². The molecular formula is C13H11ClN2O. The highest BCUT2D eigenvalue weighted by Gasteiger charge is 2.06. The monoisotopic (exact) mass is 246 g/mol. The average molecular weight is 247 g/mol. The van der Waals surface area contributed by atoms with Crippen LogP contribution in [0.15, 0.2) is 48.7 Å². The minimum atomic E-state index is -0.105. The van der Waals surface area contributed by atoms with E-state index in [1.165, 1.54) is 0 Å². The standard InChI is InChI=1S/C13H11ClN2O/c14-13-11(7-4-8-15-13)16-12(17)9-10-5-2-1-3-6-10/h1-8H,9H2,(H,16,17). The predicted molar refractivity (Wildman–Crippen MR) is 68.0 cm³/mol. The molecule has 0 saturated heterocycles. The molecule has 0 aliphatic heterocycles. The number of aromatic nitrogens is 1. The molecule has 17 heavy (non-hydrogen) atoms. The number of carbonyl (C=O) groups is 1. The quantitative estimate of drug-likeness (QED) is 0.846. The van der Waals surface area contributed by atoms with E-state index >= 15 is 0 Å². The Bertz CT molecular complexity index is 514. The van der Waals surface area contributed by atoms with Crippen molar-refractivity contribution in [2.75, 3.05) is 5.32 Å². The summed E-state index contributed by atoms with van der Waals surface area (Å²) in [5.74, 6) is -0.105. The zero-order valence-corrected chi connectivity index (χ0v) is 9.82. The molecular weight excluding hydrogens is 236 g/mol. The third-order valence-electron chi connectivity index (χ3n) is 2.24. The molecule has 0 fully saturated rings. The number of pyridine rings is 1. The summed E-state index contributed by atoms with van der Waals surface area (Å²) in [7, 11) is 0. The van der Waals surface area contributed by atoms with E-state index in [4.69, 9.17) is 11.6 Å². The van der Waals surface area contributed by atoms with Crippen LogP contribution in [0.3, 0.4) is 0 Å². The van der Waals surface area contributed by atoms with E-state index in [9.17, 15) is 4.79 Å². The van der Waals surface area contributed by atoms with Gasteiger partial charge in [0.05, 0.1) is 12.1 Å². The number of nitrogens with zero attached hydrogens (tertiary/aromatic N) is 1. The molecule has 2 aromatic rings. The average Bonchev–Trinajstić information content (AvgIpc) is 2.33. The van der Waals surface area contributed by atoms with Crippen molar-refractivity contribution in [1.29, 1.82) is 0 Å².